The third-order valence-electron chi connectivity index (χ3n) is 4.41. The quantitative estimate of drug-likeness (QED) is 0.545. The molecule has 26 heavy (non-hydrogen) atoms. The Morgan fingerprint density at radius 1 is 0.654 bits per heavy atom. The summed E-state index contributed by atoms with van der Waals surface area (Å²) in [7, 11) is 0. The summed E-state index contributed by atoms with van der Waals surface area (Å²) < 4.78 is 3.64. The molecule has 0 aliphatic rings. The van der Waals surface area contributed by atoms with E-state index in [2.05, 4.69) is 20.6 Å². The van der Waals surface area contributed by atoms with Crippen molar-refractivity contribution in [2.24, 2.45) is 0 Å². The molecule has 7 nitrogen and oxygen atoms in total. The van der Waals surface area contributed by atoms with Crippen LogP contribution in [0.5, 0.6) is 5.75 Å². The Morgan fingerprint density at radius 3 is 1.69 bits per heavy atom. The van der Waals surface area contributed by atoms with Crippen LogP contribution in [0.25, 0.3) is 22.1 Å². The van der Waals surface area contributed by atoms with Gasteiger partial charge in [0.05, 0.1) is 11.0 Å². The van der Waals surface area contributed by atoms with Gasteiger partial charge in [0.2, 0.25) is 0 Å². The highest BCUT2D eigenvalue weighted by atomic mass is 16.3. The average molecular weight is 342 g/mol. The number of hydrogen-bond acceptors (Lipinski definition) is 5. The summed E-state index contributed by atoms with van der Waals surface area (Å²) in [6, 6.07) is 22.6. The Labute approximate surface area is 148 Å². The zero-order valence-electron chi connectivity index (χ0n) is 13.6. The van der Waals surface area contributed by atoms with Crippen LogP contribution in [0.2, 0.25) is 0 Å². The lowest BCUT2D eigenvalue weighted by Gasteiger charge is -2.19. The van der Waals surface area contributed by atoms with E-state index in [0.717, 1.165) is 27.6 Å². The number of aromatic hydroxyl groups is 1. The fourth-order valence-electron chi connectivity index (χ4n) is 3.17. The summed E-state index contributed by atoms with van der Waals surface area (Å²) in [5.41, 5.74) is 4.31. The van der Waals surface area contributed by atoms with Gasteiger partial charge in [-0.05, 0) is 42.0 Å². The number of para-hydroxylation sites is 2. The van der Waals surface area contributed by atoms with Crippen molar-refractivity contribution < 1.29 is 5.11 Å². The number of phenols is 1. The van der Waals surface area contributed by atoms with Crippen LogP contribution in [0.1, 0.15) is 11.7 Å². The van der Waals surface area contributed by atoms with Gasteiger partial charge in [-0.15, -0.1) is 10.2 Å². The minimum absolute atomic E-state index is 0.208. The van der Waals surface area contributed by atoms with Crippen LogP contribution in [0, 0.1) is 0 Å². The first kappa shape index (κ1) is 14.6. The zero-order chi connectivity index (χ0) is 17.5. The third kappa shape index (κ3) is 2.21. The van der Waals surface area contributed by atoms with E-state index in [-0.39, 0.29) is 11.9 Å². The van der Waals surface area contributed by atoms with Gasteiger partial charge in [-0.1, -0.05) is 46.8 Å². The normalized spacial score (nSPS) is 11.6. The number of rotatable bonds is 3. The fraction of sp³-hybridized carbons (Fsp3) is 0.0526. The lowest BCUT2D eigenvalue weighted by Crippen LogP contribution is -2.22. The van der Waals surface area contributed by atoms with Crippen LogP contribution in [-0.4, -0.2) is 35.1 Å². The molecule has 5 rings (SSSR count). The van der Waals surface area contributed by atoms with E-state index >= 15 is 0 Å². The maximum absolute atomic E-state index is 9.67. The summed E-state index contributed by atoms with van der Waals surface area (Å²) in [6.07, 6.45) is -0.379. The molecule has 1 N–H and O–H groups in total. The molecule has 0 fully saturated rings. The number of benzene rings is 3. The molecule has 0 saturated heterocycles. The highest BCUT2D eigenvalue weighted by Gasteiger charge is 2.23. The second kappa shape index (κ2) is 5.66. The molecule has 0 amide bonds. The maximum Gasteiger partial charge on any atom is 0.173 e. The molecule has 0 bridgehead atoms. The molecule has 0 spiro atoms. The Morgan fingerprint density at radius 2 is 1.15 bits per heavy atom. The average Bonchev–Trinajstić information content (AvgIpc) is 3.29. The van der Waals surface area contributed by atoms with Crippen molar-refractivity contribution >= 4 is 22.1 Å². The largest absolute Gasteiger partial charge is 0.508 e. The maximum atomic E-state index is 9.67. The number of nitrogens with zero attached hydrogens (tertiary/aromatic N) is 6. The van der Waals surface area contributed by atoms with Crippen LogP contribution in [0.3, 0.4) is 0 Å². The van der Waals surface area contributed by atoms with E-state index in [0.29, 0.717) is 0 Å². The molecule has 0 saturated carbocycles. The van der Waals surface area contributed by atoms with Crippen molar-refractivity contribution in [2.75, 3.05) is 0 Å². The smallest absolute Gasteiger partial charge is 0.173 e. The lowest BCUT2D eigenvalue weighted by molar-refractivity contribution is 0.420. The first-order chi connectivity index (χ1) is 12.8. The van der Waals surface area contributed by atoms with Crippen LogP contribution < -0.4 is 0 Å². The number of fused-ring (bicyclic) bond motifs is 2. The number of aromatic nitrogens is 6. The topological polar surface area (TPSA) is 81.6 Å². The summed E-state index contributed by atoms with van der Waals surface area (Å²) in [4.78, 5) is 0. The highest BCUT2D eigenvalue weighted by molar-refractivity contribution is 5.76. The zero-order valence-corrected chi connectivity index (χ0v) is 13.6. The summed E-state index contributed by atoms with van der Waals surface area (Å²) in [6.45, 7) is 0. The third-order valence-corrected chi connectivity index (χ3v) is 4.41. The molecular weight excluding hydrogens is 328 g/mol. The minimum Gasteiger partial charge on any atom is -0.508 e. The van der Waals surface area contributed by atoms with E-state index in [9.17, 15) is 5.11 Å². The van der Waals surface area contributed by atoms with Gasteiger partial charge in [-0.2, -0.15) is 0 Å². The van der Waals surface area contributed by atoms with Crippen molar-refractivity contribution in [3.05, 3.63) is 78.4 Å². The fourth-order valence-corrected chi connectivity index (χ4v) is 3.17. The van der Waals surface area contributed by atoms with E-state index in [1.54, 1.807) is 12.1 Å². The molecule has 0 aliphatic heterocycles. The monoisotopic (exact) mass is 342 g/mol. The molecule has 2 aromatic heterocycles. The standard InChI is InChI=1S/C19H14N6O/c26-14-11-9-13(10-12-14)19(24-17-7-3-1-5-15(17)20-22-24)25-18-8-4-2-6-16(18)21-23-25/h1-12,19,26H. The number of phenolic OH excluding ortho intramolecular Hbond substituents is 1. The Balaban J connectivity index is 1.79. The van der Waals surface area contributed by atoms with Gasteiger partial charge in [0.25, 0.3) is 0 Å². The molecule has 7 heteroatoms. The SMILES string of the molecule is Oc1ccc(C(n2nnc3ccccc32)n2nnc3ccccc32)cc1. The molecular formula is C19H14N6O. The molecule has 3 aromatic carbocycles. The van der Waals surface area contributed by atoms with E-state index < -0.39 is 0 Å². The van der Waals surface area contributed by atoms with Crippen molar-refractivity contribution in [2.45, 2.75) is 6.17 Å². The van der Waals surface area contributed by atoms with Crippen molar-refractivity contribution in [3.8, 4) is 5.75 Å². The van der Waals surface area contributed by atoms with Gasteiger partial charge in [0.15, 0.2) is 6.17 Å². The van der Waals surface area contributed by atoms with Crippen LogP contribution in [0.15, 0.2) is 72.8 Å². The highest BCUT2D eigenvalue weighted by Crippen LogP contribution is 2.27. The molecule has 0 aliphatic carbocycles. The second-order valence-electron chi connectivity index (χ2n) is 6.01. The van der Waals surface area contributed by atoms with Crippen molar-refractivity contribution in [1.29, 1.82) is 0 Å². The van der Waals surface area contributed by atoms with Gasteiger partial charge in [0.1, 0.15) is 16.8 Å². The lowest BCUT2D eigenvalue weighted by atomic mass is 10.1. The Kier molecular flexibility index (Phi) is 3.18. The van der Waals surface area contributed by atoms with Gasteiger partial charge < -0.3 is 5.11 Å². The molecule has 0 radical (unpaired) electrons. The summed E-state index contributed by atoms with van der Waals surface area (Å²) >= 11 is 0. The first-order valence-corrected chi connectivity index (χ1v) is 8.20. The molecule has 2 heterocycles. The summed E-state index contributed by atoms with van der Waals surface area (Å²) in [5, 5.41) is 27.0. The van der Waals surface area contributed by atoms with E-state index in [4.69, 9.17) is 0 Å². The first-order valence-electron chi connectivity index (χ1n) is 8.20. The van der Waals surface area contributed by atoms with Gasteiger partial charge in [0, 0.05) is 0 Å². The Bertz CT molecular complexity index is 1130. The molecule has 5 aromatic rings. The molecule has 126 valence electrons. The predicted octanol–water partition coefficient (Wildman–Crippen LogP) is 2.98. The van der Waals surface area contributed by atoms with Gasteiger partial charge >= 0.3 is 0 Å². The Hall–Kier alpha value is -3.74. The van der Waals surface area contributed by atoms with Crippen LogP contribution in [-0.2, 0) is 0 Å². The molecule has 0 unspecified atom stereocenters. The van der Waals surface area contributed by atoms with Crippen molar-refractivity contribution in [1.82, 2.24) is 30.0 Å². The van der Waals surface area contributed by atoms with Crippen LogP contribution >= 0.6 is 0 Å². The second-order valence-corrected chi connectivity index (χ2v) is 6.01. The van der Waals surface area contributed by atoms with Gasteiger partial charge in [-0.25, -0.2) is 9.36 Å². The van der Waals surface area contributed by atoms with E-state index in [1.807, 2.05) is 70.0 Å². The van der Waals surface area contributed by atoms with E-state index in [1.165, 1.54) is 0 Å². The minimum atomic E-state index is -0.379. The van der Waals surface area contributed by atoms with Crippen molar-refractivity contribution in [3.63, 3.8) is 0 Å². The molecule has 0 atom stereocenters. The number of hydrogen-bond donors (Lipinski definition) is 1. The van der Waals surface area contributed by atoms with Gasteiger partial charge in [-0.3, -0.25) is 0 Å². The summed E-state index contributed by atoms with van der Waals surface area (Å²) in [5.74, 6) is 0.208. The predicted molar refractivity (Wildman–Crippen MR) is 96.7 cm³/mol. The van der Waals surface area contributed by atoms with Crippen LogP contribution in [0.4, 0.5) is 0 Å².